The van der Waals surface area contributed by atoms with Crippen molar-refractivity contribution in [3.05, 3.63) is 65.2 Å². The van der Waals surface area contributed by atoms with Gasteiger partial charge in [0.25, 0.3) is 0 Å². The molecule has 0 saturated heterocycles. The summed E-state index contributed by atoms with van der Waals surface area (Å²) >= 11 is 0. The van der Waals surface area contributed by atoms with Gasteiger partial charge in [-0.25, -0.2) is 4.98 Å². The molecule has 1 heteroatoms. The molecule has 0 radical (unpaired) electrons. The number of fused-ring (bicyclic) bond motifs is 2. The quantitative estimate of drug-likeness (QED) is 0.631. The Morgan fingerprint density at radius 3 is 2.76 bits per heavy atom. The average Bonchev–Trinajstić information content (AvgIpc) is 2.52. The molecule has 1 heterocycles. The summed E-state index contributed by atoms with van der Waals surface area (Å²) < 4.78 is 0. The number of hydrogen-bond acceptors (Lipinski definition) is 1. The Bertz CT molecular complexity index is 832. The fraction of sp³-hybridized carbons (Fsp3) is 0.250. The summed E-state index contributed by atoms with van der Waals surface area (Å²) in [6, 6.07) is 17.4. The summed E-state index contributed by atoms with van der Waals surface area (Å²) in [4.78, 5) is 4.89. The Kier molecular flexibility index (Phi) is 2.81. The third-order valence-corrected chi connectivity index (χ3v) is 4.63. The molecule has 1 aromatic heterocycles. The lowest BCUT2D eigenvalue weighted by molar-refractivity contribution is 0.667. The highest BCUT2D eigenvalue weighted by Crippen LogP contribution is 2.42. The Hall–Kier alpha value is -2.15. The van der Waals surface area contributed by atoms with Gasteiger partial charge in [-0.15, -0.1) is 0 Å². The van der Waals surface area contributed by atoms with Gasteiger partial charge in [0, 0.05) is 10.9 Å². The number of pyridine rings is 1. The van der Waals surface area contributed by atoms with E-state index >= 15 is 0 Å². The lowest BCUT2D eigenvalue weighted by atomic mass is 9.74. The second-order valence-corrected chi connectivity index (χ2v) is 6.06. The van der Waals surface area contributed by atoms with Crippen molar-refractivity contribution in [3.63, 3.8) is 0 Å². The molecule has 0 N–H and O–H groups in total. The van der Waals surface area contributed by atoms with Gasteiger partial charge in [0.1, 0.15) is 0 Å². The lowest BCUT2D eigenvalue weighted by Gasteiger charge is -2.30. The highest BCUT2D eigenvalue weighted by molar-refractivity contribution is 5.82. The van der Waals surface area contributed by atoms with Crippen LogP contribution < -0.4 is 0 Å². The van der Waals surface area contributed by atoms with E-state index in [-0.39, 0.29) is 0 Å². The lowest BCUT2D eigenvalue weighted by Crippen LogP contribution is -2.16. The third kappa shape index (κ3) is 1.96. The van der Waals surface area contributed by atoms with E-state index in [0.717, 1.165) is 17.6 Å². The Balaban J connectivity index is 1.93. The molecule has 0 spiro atoms. The second kappa shape index (κ2) is 4.70. The van der Waals surface area contributed by atoms with Crippen LogP contribution in [0.1, 0.15) is 36.5 Å². The van der Waals surface area contributed by atoms with E-state index in [2.05, 4.69) is 62.4 Å². The first kappa shape index (κ1) is 12.6. The van der Waals surface area contributed by atoms with Crippen LogP contribution in [0.2, 0.25) is 0 Å². The SMILES string of the molecule is CCc1cc2c(c(-c3ccc4ccccc4n3)c1)C(C)C2. The molecule has 1 atom stereocenters. The summed E-state index contributed by atoms with van der Waals surface area (Å²) in [5.41, 5.74) is 7.99. The molecule has 0 aliphatic heterocycles. The minimum atomic E-state index is 0.661. The average molecular weight is 273 g/mol. The Morgan fingerprint density at radius 2 is 1.95 bits per heavy atom. The van der Waals surface area contributed by atoms with Gasteiger partial charge in [-0.2, -0.15) is 0 Å². The van der Waals surface area contributed by atoms with Gasteiger partial charge in [-0.1, -0.05) is 44.2 Å². The van der Waals surface area contributed by atoms with Gasteiger partial charge in [0.15, 0.2) is 0 Å². The van der Waals surface area contributed by atoms with E-state index in [1.807, 2.05) is 0 Å². The topological polar surface area (TPSA) is 12.9 Å². The zero-order valence-electron chi connectivity index (χ0n) is 12.6. The predicted molar refractivity (Wildman–Crippen MR) is 88.7 cm³/mol. The van der Waals surface area contributed by atoms with Crippen molar-refractivity contribution in [1.29, 1.82) is 0 Å². The highest BCUT2D eigenvalue weighted by atomic mass is 14.7. The number of rotatable bonds is 2. The number of nitrogens with zero attached hydrogens (tertiary/aromatic N) is 1. The summed E-state index contributed by atoms with van der Waals surface area (Å²) in [5.74, 6) is 0.661. The maximum atomic E-state index is 4.89. The molecule has 0 amide bonds. The van der Waals surface area contributed by atoms with E-state index in [9.17, 15) is 0 Å². The predicted octanol–water partition coefficient (Wildman–Crippen LogP) is 5.12. The Morgan fingerprint density at radius 1 is 1.10 bits per heavy atom. The van der Waals surface area contributed by atoms with Gasteiger partial charge < -0.3 is 0 Å². The zero-order valence-corrected chi connectivity index (χ0v) is 12.6. The second-order valence-electron chi connectivity index (χ2n) is 6.06. The van der Waals surface area contributed by atoms with Crippen molar-refractivity contribution in [2.45, 2.75) is 32.6 Å². The van der Waals surface area contributed by atoms with Gasteiger partial charge in [-0.3, -0.25) is 0 Å². The normalized spacial score (nSPS) is 16.6. The van der Waals surface area contributed by atoms with Gasteiger partial charge in [-0.05, 0) is 53.6 Å². The zero-order chi connectivity index (χ0) is 14.4. The van der Waals surface area contributed by atoms with E-state index in [0.29, 0.717) is 5.92 Å². The van der Waals surface area contributed by atoms with Gasteiger partial charge in [0.05, 0.1) is 11.2 Å². The van der Waals surface area contributed by atoms with Crippen LogP contribution >= 0.6 is 0 Å². The molecule has 0 saturated carbocycles. The first-order valence-electron chi connectivity index (χ1n) is 7.78. The van der Waals surface area contributed by atoms with Crippen LogP contribution in [-0.4, -0.2) is 4.98 Å². The standard InChI is InChI=1S/C20H19N/c1-3-14-11-16-10-13(2)20(16)17(12-14)19-9-8-15-6-4-5-7-18(15)21-19/h4-9,11-13H,3,10H2,1-2H3. The molecule has 21 heavy (non-hydrogen) atoms. The van der Waals surface area contributed by atoms with Crippen LogP contribution in [0.5, 0.6) is 0 Å². The molecule has 4 rings (SSSR count). The molecular weight excluding hydrogens is 254 g/mol. The molecular formula is C20H19N. The Labute approximate surface area is 125 Å². The van der Waals surface area contributed by atoms with Crippen molar-refractivity contribution in [2.24, 2.45) is 0 Å². The maximum absolute atomic E-state index is 4.89. The fourth-order valence-corrected chi connectivity index (χ4v) is 3.46. The van der Waals surface area contributed by atoms with E-state index in [1.165, 1.54) is 34.1 Å². The van der Waals surface area contributed by atoms with E-state index in [1.54, 1.807) is 0 Å². The van der Waals surface area contributed by atoms with Crippen molar-refractivity contribution >= 4 is 10.9 Å². The third-order valence-electron chi connectivity index (χ3n) is 4.63. The van der Waals surface area contributed by atoms with Crippen molar-refractivity contribution in [3.8, 4) is 11.3 Å². The monoisotopic (exact) mass is 273 g/mol. The molecule has 1 unspecified atom stereocenters. The van der Waals surface area contributed by atoms with Crippen molar-refractivity contribution in [1.82, 2.24) is 4.98 Å². The van der Waals surface area contributed by atoms with Crippen LogP contribution in [0.25, 0.3) is 22.2 Å². The minimum Gasteiger partial charge on any atom is -0.248 e. The largest absolute Gasteiger partial charge is 0.248 e. The maximum Gasteiger partial charge on any atom is 0.0712 e. The van der Waals surface area contributed by atoms with Crippen molar-refractivity contribution in [2.75, 3.05) is 0 Å². The van der Waals surface area contributed by atoms with Crippen LogP contribution in [0.4, 0.5) is 0 Å². The smallest absolute Gasteiger partial charge is 0.0712 e. The summed E-state index contributed by atoms with van der Waals surface area (Å²) in [7, 11) is 0. The molecule has 104 valence electrons. The number of para-hydroxylation sites is 1. The summed E-state index contributed by atoms with van der Waals surface area (Å²) in [6.45, 7) is 4.54. The highest BCUT2D eigenvalue weighted by Gasteiger charge is 2.26. The van der Waals surface area contributed by atoms with Crippen LogP contribution in [-0.2, 0) is 12.8 Å². The van der Waals surface area contributed by atoms with Gasteiger partial charge >= 0.3 is 0 Å². The van der Waals surface area contributed by atoms with Crippen LogP contribution in [0, 0.1) is 0 Å². The first-order chi connectivity index (χ1) is 10.3. The fourth-order valence-electron chi connectivity index (χ4n) is 3.46. The molecule has 1 nitrogen and oxygen atoms in total. The number of hydrogen-bond donors (Lipinski definition) is 0. The minimum absolute atomic E-state index is 0.661. The molecule has 2 aromatic carbocycles. The van der Waals surface area contributed by atoms with E-state index < -0.39 is 0 Å². The summed E-state index contributed by atoms with van der Waals surface area (Å²) in [6.07, 6.45) is 2.30. The van der Waals surface area contributed by atoms with Crippen LogP contribution in [0.15, 0.2) is 48.5 Å². The summed E-state index contributed by atoms with van der Waals surface area (Å²) in [5, 5.41) is 1.21. The molecule has 0 bridgehead atoms. The number of benzene rings is 2. The van der Waals surface area contributed by atoms with Crippen molar-refractivity contribution < 1.29 is 0 Å². The molecule has 0 fully saturated rings. The van der Waals surface area contributed by atoms with E-state index in [4.69, 9.17) is 4.98 Å². The first-order valence-corrected chi connectivity index (χ1v) is 7.78. The molecule has 3 aromatic rings. The number of aryl methyl sites for hydroxylation is 1. The molecule has 1 aliphatic rings. The molecule has 1 aliphatic carbocycles. The van der Waals surface area contributed by atoms with Crippen LogP contribution in [0.3, 0.4) is 0 Å². The number of aromatic nitrogens is 1. The van der Waals surface area contributed by atoms with Gasteiger partial charge in [0.2, 0.25) is 0 Å².